The molecule has 0 amide bonds. The van der Waals surface area contributed by atoms with Gasteiger partial charge >= 0.3 is 5.97 Å². The number of pyridine rings is 1. The molecule has 26 heavy (non-hydrogen) atoms. The number of piperidine rings is 1. The lowest BCUT2D eigenvalue weighted by Gasteiger charge is -2.40. The summed E-state index contributed by atoms with van der Waals surface area (Å²) < 4.78 is 6.70. The Kier molecular flexibility index (Phi) is 6.18. The topological polar surface area (TPSA) is 62.7 Å². The first-order chi connectivity index (χ1) is 11.9. The highest BCUT2D eigenvalue weighted by molar-refractivity contribution is 9.10. The summed E-state index contributed by atoms with van der Waals surface area (Å²) in [7, 11) is 0. The molecule has 6 heteroatoms. The van der Waals surface area contributed by atoms with Gasteiger partial charge in [-0.25, -0.2) is 4.79 Å². The number of rotatable bonds is 5. The summed E-state index contributed by atoms with van der Waals surface area (Å²) in [5.41, 5.74) is 1.65. The lowest BCUT2D eigenvalue weighted by Crippen LogP contribution is -2.39. The third kappa shape index (κ3) is 4.86. The summed E-state index contributed by atoms with van der Waals surface area (Å²) in [5.74, 6) is -1.03. The fourth-order valence-corrected chi connectivity index (χ4v) is 3.74. The molecule has 0 bridgehead atoms. The van der Waals surface area contributed by atoms with Crippen LogP contribution < -0.4 is 4.90 Å². The van der Waals surface area contributed by atoms with E-state index >= 15 is 0 Å². The maximum Gasteiger partial charge on any atom is 0.337 e. The molecule has 144 valence electrons. The van der Waals surface area contributed by atoms with Crippen molar-refractivity contribution in [3.8, 4) is 0 Å². The second-order valence-corrected chi connectivity index (χ2v) is 9.41. The van der Waals surface area contributed by atoms with E-state index in [1.807, 2.05) is 20.8 Å². The van der Waals surface area contributed by atoms with Crippen molar-refractivity contribution < 1.29 is 14.6 Å². The van der Waals surface area contributed by atoms with Crippen molar-refractivity contribution in [2.24, 2.45) is 5.41 Å². The zero-order valence-corrected chi connectivity index (χ0v) is 17.9. The van der Waals surface area contributed by atoms with E-state index < -0.39 is 17.7 Å². The molecule has 1 fully saturated rings. The fraction of sp³-hybridized carbons (Fsp3) is 0.600. The van der Waals surface area contributed by atoms with E-state index in [4.69, 9.17) is 4.74 Å². The minimum Gasteiger partial charge on any atom is -0.479 e. The number of ether oxygens (including phenoxy) is 1. The average molecular weight is 425 g/mol. The Labute approximate surface area is 164 Å². The smallest absolute Gasteiger partial charge is 0.337 e. The van der Waals surface area contributed by atoms with E-state index in [1.165, 1.54) is 0 Å². The molecular weight excluding hydrogens is 396 g/mol. The van der Waals surface area contributed by atoms with Gasteiger partial charge in [-0.3, -0.25) is 4.98 Å². The Hall–Kier alpha value is -1.40. The maximum absolute atomic E-state index is 12.1. The SMILES string of the molecule is C=Cc1ncc(Br)c(N2CCC(C)(C)CC2)c1[C@H](OC(C)(C)C)C(=O)O. The molecule has 1 aliphatic rings. The predicted molar refractivity (Wildman–Crippen MR) is 108 cm³/mol. The normalized spacial score (nSPS) is 18.5. The summed E-state index contributed by atoms with van der Waals surface area (Å²) >= 11 is 3.58. The molecule has 1 aromatic rings. The van der Waals surface area contributed by atoms with Gasteiger partial charge in [0.2, 0.25) is 0 Å². The minimum absolute atomic E-state index is 0.297. The van der Waals surface area contributed by atoms with Crippen LogP contribution in [-0.2, 0) is 9.53 Å². The van der Waals surface area contributed by atoms with Crippen molar-refractivity contribution in [1.82, 2.24) is 4.98 Å². The lowest BCUT2D eigenvalue weighted by atomic mass is 9.82. The first-order valence-electron chi connectivity index (χ1n) is 8.91. The van der Waals surface area contributed by atoms with Crippen LogP contribution in [-0.4, -0.2) is 34.8 Å². The standard InChI is InChI=1S/C20H29BrN2O3/c1-7-14-15(17(18(24)25)26-19(2,3)4)16(13(21)12-22-14)23-10-8-20(5,6)9-11-23/h7,12,17H,1,8-11H2,2-6H3,(H,24,25)/t17-/m0/s1. The second-order valence-electron chi connectivity index (χ2n) is 8.56. The van der Waals surface area contributed by atoms with Gasteiger partial charge in [-0.05, 0) is 61.0 Å². The Balaban J connectivity index is 2.57. The predicted octanol–water partition coefficient (Wildman–Crippen LogP) is 5.05. The van der Waals surface area contributed by atoms with E-state index in [0.717, 1.165) is 36.1 Å². The van der Waals surface area contributed by atoms with Gasteiger partial charge < -0.3 is 14.7 Å². The Bertz CT molecular complexity index is 685. The molecule has 2 heterocycles. The van der Waals surface area contributed by atoms with Crippen molar-refractivity contribution in [2.45, 2.75) is 59.2 Å². The van der Waals surface area contributed by atoms with Gasteiger partial charge in [0, 0.05) is 24.8 Å². The van der Waals surface area contributed by atoms with Crippen LogP contribution in [0, 0.1) is 5.41 Å². The molecule has 2 rings (SSSR count). The lowest BCUT2D eigenvalue weighted by molar-refractivity contribution is -0.160. The molecule has 0 spiro atoms. The second kappa shape index (κ2) is 7.69. The van der Waals surface area contributed by atoms with Crippen molar-refractivity contribution in [3.63, 3.8) is 0 Å². The number of carbonyl (C=O) groups is 1. The Morgan fingerprint density at radius 3 is 2.46 bits per heavy atom. The largest absolute Gasteiger partial charge is 0.479 e. The maximum atomic E-state index is 12.1. The van der Waals surface area contributed by atoms with Gasteiger partial charge in [0.1, 0.15) is 0 Å². The van der Waals surface area contributed by atoms with Crippen LogP contribution >= 0.6 is 15.9 Å². The molecule has 5 nitrogen and oxygen atoms in total. The Morgan fingerprint density at radius 1 is 1.42 bits per heavy atom. The Morgan fingerprint density at radius 2 is 2.00 bits per heavy atom. The van der Waals surface area contributed by atoms with Gasteiger partial charge in [-0.2, -0.15) is 0 Å². The average Bonchev–Trinajstić information content (AvgIpc) is 2.52. The molecule has 0 unspecified atom stereocenters. The molecule has 0 aliphatic carbocycles. The molecule has 1 N–H and O–H groups in total. The molecule has 1 aliphatic heterocycles. The summed E-state index contributed by atoms with van der Waals surface area (Å²) in [5, 5.41) is 9.89. The molecular formula is C20H29BrN2O3. The number of anilines is 1. The highest BCUT2D eigenvalue weighted by Gasteiger charge is 2.35. The highest BCUT2D eigenvalue weighted by atomic mass is 79.9. The van der Waals surface area contributed by atoms with E-state index in [-0.39, 0.29) is 0 Å². The monoisotopic (exact) mass is 424 g/mol. The third-order valence-corrected chi connectivity index (χ3v) is 5.24. The number of aromatic nitrogens is 1. The number of hydrogen-bond acceptors (Lipinski definition) is 4. The van der Waals surface area contributed by atoms with Crippen LogP contribution in [0.3, 0.4) is 0 Å². The van der Waals surface area contributed by atoms with Crippen molar-refractivity contribution in [2.75, 3.05) is 18.0 Å². The van der Waals surface area contributed by atoms with Gasteiger partial charge in [0.25, 0.3) is 0 Å². The van der Waals surface area contributed by atoms with Crippen LogP contribution in [0.25, 0.3) is 6.08 Å². The van der Waals surface area contributed by atoms with Gasteiger partial charge in [-0.1, -0.05) is 20.4 Å². The van der Waals surface area contributed by atoms with E-state index in [2.05, 4.69) is 46.2 Å². The number of halogens is 1. The van der Waals surface area contributed by atoms with E-state index in [9.17, 15) is 9.90 Å². The molecule has 0 aromatic carbocycles. The van der Waals surface area contributed by atoms with Gasteiger partial charge in [0.05, 0.1) is 21.5 Å². The molecule has 1 atom stereocenters. The number of aliphatic carboxylic acids is 1. The first-order valence-corrected chi connectivity index (χ1v) is 9.71. The van der Waals surface area contributed by atoms with Crippen LogP contribution in [0.2, 0.25) is 0 Å². The van der Waals surface area contributed by atoms with E-state index in [1.54, 1.807) is 12.3 Å². The fourth-order valence-electron chi connectivity index (χ4n) is 3.17. The quantitative estimate of drug-likeness (QED) is 0.715. The zero-order chi connectivity index (χ0) is 19.7. The minimum atomic E-state index is -1.11. The number of hydrogen-bond donors (Lipinski definition) is 1. The first kappa shape index (κ1) is 20.9. The van der Waals surface area contributed by atoms with Gasteiger partial charge in [-0.15, -0.1) is 0 Å². The van der Waals surface area contributed by atoms with Crippen LogP contribution in [0.15, 0.2) is 17.2 Å². The molecule has 0 saturated carbocycles. The summed E-state index contributed by atoms with van der Waals surface area (Å²) in [6.45, 7) is 15.6. The van der Waals surface area contributed by atoms with Crippen molar-refractivity contribution >= 4 is 33.7 Å². The van der Waals surface area contributed by atoms with Crippen LogP contribution in [0.5, 0.6) is 0 Å². The zero-order valence-electron chi connectivity index (χ0n) is 16.3. The van der Waals surface area contributed by atoms with Crippen LogP contribution in [0.1, 0.15) is 64.8 Å². The van der Waals surface area contributed by atoms with E-state index in [0.29, 0.717) is 16.7 Å². The third-order valence-electron chi connectivity index (χ3n) is 4.66. The highest BCUT2D eigenvalue weighted by Crippen LogP contribution is 2.42. The number of carboxylic acid groups (broad SMARTS) is 1. The summed E-state index contributed by atoms with van der Waals surface area (Å²) in [4.78, 5) is 18.7. The molecule has 1 aromatic heterocycles. The van der Waals surface area contributed by atoms with Crippen molar-refractivity contribution in [1.29, 1.82) is 0 Å². The molecule has 0 radical (unpaired) electrons. The summed E-state index contributed by atoms with van der Waals surface area (Å²) in [6, 6.07) is 0. The number of nitrogens with zero attached hydrogens (tertiary/aromatic N) is 2. The van der Waals surface area contributed by atoms with Crippen LogP contribution in [0.4, 0.5) is 5.69 Å². The summed E-state index contributed by atoms with van der Waals surface area (Å²) in [6.07, 6.45) is 4.29. The van der Waals surface area contributed by atoms with Gasteiger partial charge in [0.15, 0.2) is 6.10 Å². The number of carboxylic acids is 1. The van der Waals surface area contributed by atoms with Crippen molar-refractivity contribution in [3.05, 3.63) is 28.5 Å². The molecule has 1 saturated heterocycles.